The van der Waals surface area contributed by atoms with E-state index in [1.165, 1.54) is 11.8 Å². The van der Waals surface area contributed by atoms with Gasteiger partial charge < -0.3 is 10.2 Å². The first-order chi connectivity index (χ1) is 13.5. The molecule has 2 aromatic rings. The van der Waals surface area contributed by atoms with E-state index in [1.54, 1.807) is 24.3 Å². The molecule has 0 aliphatic carbocycles. The molecule has 1 aliphatic heterocycles. The molecular formula is C21H22Cl2N2O2S. The molecule has 0 unspecified atom stereocenters. The molecule has 1 N–H and O–H groups in total. The number of hydrogen-bond donors (Lipinski definition) is 1. The maximum Gasteiger partial charge on any atom is 0.255 e. The zero-order chi connectivity index (χ0) is 19.9. The fraction of sp³-hybridized carbons (Fsp3) is 0.333. The zero-order valence-corrected chi connectivity index (χ0v) is 17.7. The molecule has 3 rings (SSSR count). The molecule has 0 atom stereocenters. The molecule has 0 spiro atoms. The lowest BCUT2D eigenvalue weighted by Crippen LogP contribution is -2.36. The smallest absolute Gasteiger partial charge is 0.255 e. The first-order valence-electron chi connectivity index (χ1n) is 9.24. The Morgan fingerprint density at radius 2 is 1.79 bits per heavy atom. The number of nitrogens with zero attached hydrogens (tertiary/aromatic N) is 1. The lowest BCUT2D eigenvalue weighted by atomic mass is 10.1. The number of piperidine rings is 1. The van der Waals surface area contributed by atoms with Gasteiger partial charge in [0.15, 0.2) is 0 Å². The molecule has 0 bridgehead atoms. The van der Waals surface area contributed by atoms with E-state index in [1.807, 2.05) is 23.1 Å². The lowest BCUT2D eigenvalue weighted by molar-refractivity contribution is -0.113. The number of likely N-dealkylation sites (tertiary alicyclic amines) is 1. The van der Waals surface area contributed by atoms with Crippen LogP contribution >= 0.6 is 35.0 Å². The van der Waals surface area contributed by atoms with Crippen LogP contribution in [0.3, 0.4) is 0 Å². The molecule has 0 aromatic heterocycles. The summed E-state index contributed by atoms with van der Waals surface area (Å²) < 4.78 is 0. The third-order valence-corrected chi connectivity index (χ3v) is 6.15. The van der Waals surface area contributed by atoms with E-state index < -0.39 is 0 Å². The van der Waals surface area contributed by atoms with Gasteiger partial charge in [0.25, 0.3) is 5.91 Å². The van der Waals surface area contributed by atoms with Crippen LogP contribution in [0.4, 0.5) is 5.69 Å². The maximum absolute atomic E-state index is 12.8. The predicted octanol–water partition coefficient (Wildman–Crippen LogP) is 5.49. The van der Waals surface area contributed by atoms with Crippen LogP contribution in [0.5, 0.6) is 0 Å². The normalized spacial score (nSPS) is 14.0. The van der Waals surface area contributed by atoms with E-state index in [0.29, 0.717) is 27.0 Å². The van der Waals surface area contributed by atoms with E-state index in [-0.39, 0.29) is 17.6 Å². The minimum atomic E-state index is -0.144. The van der Waals surface area contributed by atoms with Crippen molar-refractivity contribution in [1.82, 2.24) is 4.90 Å². The average Bonchev–Trinajstić information content (AvgIpc) is 2.70. The number of anilines is 1. The Balaban J connectivity index is 1.57. The molecule has 1 saturated heterocycles. The van der Waals surface area contributed by atoms with Gasteiger partial charge in [0.2, 0.25) is 5.91 Å². The molecular weight excluding hydrogens is 415 g/mol. The van der Waals surface area contributed by atoms with Gasteiger partial charge in [-0.2, -0.15) is 0 Å². The number of carbonyl (C=O) groups is 2. The van der Waals surface area contributed by atoms with Gasteiger partial charge >= 0.3 is 0 Å². The predicted molar refractivity (Wildman–Crippen MR) is 117 cm³/mol. The molecule has 0 radical (unpaired) electrons. The number of amides is 2. The third kappa shape index (κ3) is 5.66. The van der Waals surface area contributed by atoms with Gasteiger partial charge in [0, 0.05) is 28.9 Å². The van der Waals surface area contributed by atoms with Crippen molar-refractivity contribution < 1.29 is 9.59 Å². The summed E-state index contributed by atoms with van der Waals surface area (Å²) >= 11 is 13.5. The highest BCUT2D eigenvalue weighted by molar-refractivity contribution is 7.99. The van der Waals surface area contributed by atoms with E-state index in [0.717, 1.165) is 37.9 Å². The van der Waals surface area contributed by atoms with Crippen molar-refractivity contribution in [3.8, 4) is 0 Å². The highest BCUT2D eigenvalue weighted by Gasteiger charge is 2.21. The van der Waals surface area contributed by atoms with Gasteiger partial charge in [0.05, 0.1) is 17.0 Å². The van der Waals surface area contributed by atoms with Crippen molar-refractivity contribution in [3.05, 3.63) is 63.6 Å². The summed E-state index contributed by atoms with van der Waals surface area (Å²) in [5, 5.41) is 4.06. The largest absolute Gasteiger partial charge is 0.339 e. The Kier molecular flexibility index (Phi) is 7.65. The summed E-state index contributed by atoms with van der Waals surface area (Å²) in [6.07, 6.45) is 3.23. The van der Waals surface area contributed by atoms with Gasteiger partial charge in [0.1, 0.15) is 0 Å². The fourth-order valence-electron chi connectivity index (χ4n) is 3.12. The first-order valence-corrected chi connectivity index (χ1v) is 11.2. The van der Waals surface area contributed by atoms with Crippen LogP contribution in [0, 0.1) is 0 Å². The van der Waals surface area contributed by atoms with E-state index >= 15 is 0 Å². The lowest BCUT2D eigenvalue weighted by Gasteiger charge is -2.27. The van der Waals surface area contributed by atoms with Crippen LogP contribution in [-0.4, -0.2) is 35.6 Å². The van der Waals surface area contributed by atoms with Crippen molar-refractivity contribution >= 4 is 52.5 Å². The average molecular weight is 437 g/mol. The standard InChI is InChI=1S/C21H22Cl2N2O2S/c22-16-9-8-15(18(23)12-16)13-28-14-20(26)24-19-7-3-2-6-17(19)21(27)25-10-4-1-5-11-25/h2-3,6-9,12H,1,4-5,10-11,13-14H2,(H,24,26). The molecule has 7 heteroatoms. The molecule has 1 heterocycles. The Bertz CT molecular complexity index is 854. The van der Waals surface area contributed by atoms with Gasteiger partial charge in [-0.25, -0.2) is 0 Å². The number of hydrogen-bond acceptors (Lipinski definition) is 3. The van der Waals surface area contributed by atoms with Crippen LogP contribution in [-0.2, 0) is 10.5 Å². The summed E-state index contributed by atoms with van der Waals surface area (Å²) in [5.41, 5.74) is 2.04. The topological polar surface area (TPSA) is 49.4 Å². The number of halogens is 2. The van der Waals surface area contributed by atoms with Crippen molar-refractivity contribution in [2.45, 2.75) is 25.0 Å². The minimum absolute atomic E-state index is 0.0174. The summed E-state index contributed by atoms with van der Waals surface area (Å²) in [6.45, 7) is 1.55. The summed E-state index contributed by atoms with van der Waals surface area (Å²) in [6, 6.07) is 12.5. The Morgan fingerprint density at radius 3 is 2.54 bits per heavy atom. The summed E-state index contributed by atoms with van der Waals surface area (Å²) in [7, 11) is 0. The number of rotatable bonds is 6. The second-order valence-electron chi connectivity index (χ2n) is 6.68. The Labute approximate surface area is 179 Å². The van der Waals surface area contributed by atoms with Crippen LogP contribution in [0.1, 0.15) is 35.2 Å². The molecule has 1 aliphatic rings. The monoisotopic (exact) mass is 436 g/mol. The van der Waals surface area contributed by atoms with Gasteiger partial charge in [-0.3, -0.25) is 9.59 Å². The van der Waals surface area contributed by atoms with E-state index in [2.05, 4.69) is 5.32 Å². The quantitative estimate of drug-likeness (QED) is 0.650. The number of thioether (sulfide) groups is 1. The Morgan fingerprint density at radius 1 is 1.04 bits per heavy atom. The number of benzene rings is 2. The molecule has 1 fully saturated rings. The third-order valence-electron chi connectivity index (χ3n) is 4.58. The minimum Gasteiger partial charge on any atom is -0.339 e. The zero-order valence-electron chi connectivity index (χ0n) is 15.4. The van der Waals surface area contributed by atoms with E-state index in [4.69, 9.17) is 23.2 Å². The van der Waals surface area contributed by atoms with Crippen LogP contribution in [0.2, 0.25) is 10.0 Å². The number of carbonyl (C=O) groups excluding carboxylic acids is 2. The van der Waals surface area contributed by atoms with Crippen molar-refractivity contribution in [2.75, 3.05) is 24.2 Å². The van der Waals surface area contributed by atoms with Crippen molar-refractivity contribution in [1.29, 1.82) is 0 Å². The second kappa shape index (κ2) is 10.2. The molecule has 0 saturated carbocycles. The molecule has 28 heavy (non-hydrogen) atoms. The highest BCUT2D eigenvalue weighted by Crippen LogP contribution is 2.25. The fourth-order valence-corrected chi connectivity index (χ4v) is 4.51. The van der Waals surface area contributed by atoms with Crippen LogP contribution < -0.4 is 5.32 Å². The van der Waals surface area contributed by atoms with E-state index in [9.17, 15) is 9.59 Å². The van der Waals surface area contributed by atoms with Crippen LogP contribution in [0.15, 0.2) is 42.5 Å². The number of para-hydroxylation sites is 1. The SMILES string of the molecule is O=C(CSCc1ccc(Cl)cc1Cl)Nc1ccccc1C(=O)N1CCCCC1. The second-order valence-corrected chi connectivity index (χ2v) is 8.50. The highest BCUT2D eigenvalue weighted by atomic mass is 35.5. The molecule has 2 aromatic carbocycles. The van der Waals surface area contributed by atoms with Gasteiger partial charge in [-0.05, 0) is 49.1 Å². The molecule has 2 amide bonds. The van der Waals surface area contributed by atoms with Crippen molar-refractivity contribution in [3.63, 3.8) is 0 Å². The molecule has 148 valence electrons. The first kappa shape index (κ1) is 21.0. The maximum atomic E-state index is 12.8. The van der Waals surface area contributed by atoms with Crippen LogP contribution in [0.25, 0.3) is 0 Å². The summed E-state index contributed by atoms with van der Waals surface area (Å²) in [5.74, 6) is 0.716. The van der Waals surface area contributed by atoms with Gasteiger partial charge in [-0.15, -0.1) is 11.8 Å². The summed E-state index contributed by atoms with van der Waals surface area (Å²) in [4.78, 5) is 27.1. The molecule has 4 nitrogen and oxygen atoms in total. The Hall–Kier alpha value is -1.69. The number of nitrogens with one attached hydrogen (secondary N) is 1. The van der Waals surface area contributed by atoms with Crippen molar-refractivity contribution in [2.24, 2.45) is 0 Å². The van der Waals surface area contributed by atoms with Gasteiger partial charge in [-0.1, -0.05) is 41.4 Å².